The number of hydrogen-bond donors (Lipinski definition) is 2. The number of aromatic nitrogens is 4. The maximum absolute atomic E-state index is 4.56. The van der Waals surface area contributed by atoms with Crippen molar-refractivity contribution in [3.8, 4) is 0 Å². The molecule has 2 N–H and O–H groups in total. The van der Waals surface area contributed by atoms with Gasteiger partial charge in [-0.05, 0) is 13.8 Å². The minimum absolute atomic E-state index is 0.712. The summed E-state index contributed by atoms with van der Waals surface area (Å²) < 4.78 is 1.88. The molecule has 2 heterocycles. The van der Waals surface area contributed by atoms with Crippen LogP contribution in [0.15, 0.2) is 6.20 Å². The average Bonchev–Trinajstić information content (AvgIpc) is 2.78. The molecule has 0 aliphatic rings. The molecule has 20 heavy (non-hydrogen) atoms. The number of anilines is 2. The lowest BCUT2D eigenvalue weighted by Gasteiger charge is -2.13. The minimum Gasteiger partial charge on any atom is -0.373 e. The molecule has 0 aliphatic carbocycles. The Morgan fingerprint density at radius 2 is 1.90 bits per heavy atom. The summed E-state index contributed by atoms with van der Waals surface area (Å²) in [4.78, 5) is 9.03. The zero-order valence-corrected chi connectivity index (χ0v) is 12.8. The first kappa shape index (κ1) is 14.3. The first-order chi connectivity index (χ1) is 9.56. The van der Waals surface area contributed by atoms with Gasteiger partial charge in [-0.15, -0.1) is 0 Å². The molecule has 108 valence electrons. The highest BCUT2D eigenvalue weighted by Crippen LogP contribution is 2.20. The van der Waals surface area contributed by atoms with Crippen molar-refractivity contribution in [2.24, 2.45) is 7.05 Å². The van der Waals surface area contributed by atoms with Crippen LogP contribution in [0.1, 0.15) is 29.6 Å². The molecule has 6 nitrogen and oxygen atoms in total. The SMILES string of the molecule is CCc1nc(NC)c(C)c(NCc2cnn(C)c2C)n1. The number of nitrogens with zero attached hydrogens (tertiary/aromatic N) is 4. The van der Waals surface area contributed by atoms with Gasteiger partial charge in [0.1, 0.15) is 17.5 Å². The largest absolute Gasteiger partial charge is 0.373 e. The fourth-order valence-corrected chi connectivity index (χ4v) is 2.03. The van der Waals surface area contributed by atoms with Gasteiger partial charge in [0.05, 0.1) is 6.20 Å². The van der Waals surface area contributed by atoms with Crippen molar-refractivity contribution in [1.82, 2.24) is 19.7 Å². The Morgan fingerprint density at radius 3 is 2.45 bits per heavy atom. The molecule has 0 spiro atoms. The Balaban J connectivity index is 2.22. The molecule has 0 radical (unpaired) electrons. The summed E-state index contributed by atoms with van der Waals surface area (Å²) in [6.07, 6.45) is 2.70. The lowest BCUT2D eigenvalue weighted by atomic mass is 10.2. The Morgan fingerprint density at radius 1 is 1.20 bits per heavy atom. The highest BCUT2D eigenvalue weighted by Gasteiger charge is 2.10. The molecule has 0 amide bonds. The molecule has 0 atom stereocenters. The third kappa shape index (κ3) is 2.74. The molecule has 0 saturated heterocycles. The summed E-state index contributed by atoms with van der Waals surface area (Å²) in [6, 6.07) is 0. The number of aryl methyl sites for hydroxylation is 2. The van der Waals surface area contributed by atoms with Crippen LogP contribution in [0.5, 0.6) is 0 Å². The quantitative estimate of drug-likeness (QED) is 0.873. The van der Waals surface area contributed by atoms with Gasteiger partial charge in [-0.2, -0.15) is 5.10 Å². The van der Waals surface area contributed by atoms with Crippen molar-refractivity contribution < 1.29 is 0 Å². The lowest BCUT2D eigenvalue weighted by molar-refractivity contribution is 0.738. The molecule has 2 aromatic heterocycles. The molecule has 0 bridgehead atoms. The smallest absolute Gasteiger partial charge is 0.135 e. The van der Waals surface area contributed by atoms with E-state index in [0.717, 1.165) is 35.1 Å². The lowest BCUT2D eigenvalue weighted by Crippen LogP contribution is -2.09. The Hall–Kier alpha value is -2.11. The molecule has 0 fully saturated rings. The van der Waals surface area contributed by atoms with Crippen LogP contribution in [0.2, 0.25) is 0 Å². The van der Waals surface area contributed by atoms with Gasteiger partial charge < -0.3 is 10.6 Å². The van der Waals surface area contributed by atoms with Gasteiger partial charge in [-0.1, -0.05) is 6.92 Å². The second-order valence-electron chi connectivity index (χ2n) is 4.80. The normalized spacial score (nSPS) is 10.7. The van der Waals surface area contributed by atoms with Crippen LogP contribution in [0.4, 0.5) is 11.6 Å². The van der Waals surface area contributed by atoms with Gasteiger partial charge in [-0.3, -0.25) is 4.68 Å². The minimum atomic E-state index is 0.712. The van der Waals surface area contributed by atoms with Gasteiger partial charge in [0, 0.05) is 43.9 Å². The van der Waals surface area contributed by atoms with Gasteiger partial charge in [0.2, 0.25) is 0 Å². The summed E-state index contributed by atoms with van der Waals surface area (Å²) >= 11 is 0. The molecule has 0 aliphatic heterocycles. The van der Waals surface area contributed by atoms with Crippen LogP contribution in [0.25, 0.3) is 0 Å². The molecule has 0 unspecified atom stereocenters. The molecule has 0 aromatic carbocycles. The Kier molecular flexibility index (Phi) is 4.22. The third-order valence-corrected chi connectivity index (χ3v) is 3.53. The second-order valence-corrected chi connectivity index (χ2v) is 4.80. The molecule has 0 saturated carbocycles. The highest BCUT2D eigenvalue weighted by molar-refractivity contribution is 5.57. The van der Waals surface area contributed by atoms with E-state index in [-0.39, 0.29) is 0 Å². The third-order valence-electron chi connectivity index (χ3n) is 3.53. The number of rotatable bonds is 5. The highest BCUT2D eigenvalue weighted by atomic mass is 15.3. The summed E-state index contributed by atoms with van der Waals surface area (Å²) in [5.74, 6) is 2.59. The van der Waals surface area contributed by atoms with Gasteiger partial charge in [-0.25, -0.2) is 9.97 Å². The summed E-state index contributed by atoms with van der Waals surface area (Å²) in [7, 11) is 3.83. The van der Waals surface area contributed by atoms with E-state index in [2.05, 4.69) is 39.5 Å². The predicted molar refractivity (Wildman–Crippen MR) is 81.0 cm³/mol. The maximum atomic E-state index is 4.56. The van der Waals surface area contributed by atoms with Crippen LogP contribution >= 0.6 is 0 Å². The van der Waals surface area contributed by atoms with E-state index in [9.17, 15) is 0 Å². The van der Waals surface area contributed by atoms with Crippen molar-refractivity contribution in [3.05, 3.63) is 28.8 Å². The van der Waals surface area contributed by atoms with E-state index in [4.69, 9.17) is 0 Å². The van der Waals surface area contributed by atoms with Crippen LogP contribution in [0, 0.1) is 13.8 Å². The maximum Gasteiger partial charge on any atom is 0.135 e. The number of hydrogen-bond acceptors (Lipinski definition) is 5. The van der Waals surface area contributed by atoms with E-state index in [0.29, 0.717) is 6.54 Å². The zero-order chi connectivity index (χ0) is 14.7. The Labute approximate surface area is 119 Å². The molecule has 2 rings (SSSR count). The van der Waals surface area contributed by atoms with Crippen LogP contribution in [0.3, 0.4) is 0 Å². The van der Waals surface area contributed by atoms with Crippen molar-refractivity contribution in [3.63, 3.8) is 0 Å². The van der Waals surface area contributed by atoms with Crippen molar-refractivity contribution in [1.29, 1.82) is 0 Å². The zero-order valence-electron chi connectivity index (χ0n) is 12.8. The first-order valence-electron chi connectivity index (χ1n) is 6.83. The van der Waals surface area contributed by atoms with Crippen LogP contribution in [-0.4, -0.2) is 26.8 Å². The van der Waals surface area contributed by atoms with Crippen molar-refractivity contribution in [2.45, 2.75) is 33.7 Å². The van der Waals surface area contributed by atoms with Crippen LogP contribution < -0.4 is 10.6 Å². The van der Waals surface area contributed by atoms with Crippen LogP contribution in [-0.2, 0) is 20.0 Å². The first-order valence-corrected chi connectivity index (χ1v) is 6.83. The molecular weight excluding hydrogens is 252 g/mol. The van der Waals surface area contributed by atoms with E-state index in [1.165, 1.54) is 5.56 Å². The molecule has 6 heteroatoms. The Bertz CT molecular complexity index is 602. The number of nitrogens with one attached hydrogen (secondary N) is 2. The average molecular weight is 274 g/mol. The summed E-state index contributed by atoms with van der Waals surface area (Å²) in [6.45, 7) is 6.85. The van der Waals surface area contributed by atoms with Crippen molar-refractivity contribution in [2.75, 3.05) is 17.7 Å². The second kappa shape index (κ2) is 5.90. The standard InChI is InChI=1S/C14H22N6/c1-6-12-18-13(15-4)9(2)14(19-12)16-7-11-8-17-20(5)10(11)3/h8H,6-7H2,1-5H3,(H2,15,16,18,19). The summed E-state index contributed by atoms with van der Waals surface area (Å²) in [5, 5.41) is 10.8. The fraction of sp³-hybridized carbons (Fsp3) is 0.500. The molecule has 2 aromatic rings. The van der Waals surface area contributed by atoms with E-state index in [1.807, 2.05) is 31.9 Å². The monoisotopic (exact) mass is 274 g/mol. The predicted octanol–water partition coefficient (Wildman–Crippen LogP) is 2.04. The van der Waals surface area contributed by atoms with Crippen molar-refractivity contribution >= 4 is 11.6 Å². The van der Waals surface area contributed by atoms with Gasteiger partial charge in [0.25, 0.3) is 0 Å². The van der Waals surface area contributed by atoms with E-state index >= 15 is 0 Å². The topological polar surface area (TPSA) is 67.7 Å². The fourth-order valence-electron chi connectivity index (χ4n) is 2.03. The van der Waals surface area contributed by atoms with E-state index < -0.39 is 0 Å². The van der Waals surface area contributed by atoms with Gasteiger partial charge in [0.15, 0.2) is 0 Å². The molecular formula is C14H22N6. The van der Waals surface area contributed by atoms with Gasteiger partial charge >= 0.3 is 0 Å². The summed E-state index contributed by atoms with van der Waals surface area (Å²) in [5.41, 5.74) is 3.37. The van der Waals surface area contributed by atoms with E-state index in [1.54, 1.807) is 0 Å².